The summed E-state index contributed by atoms with van der Waals surface area (Å²) in [6.45, 7) is 7.31. The zero-order chi connectivity index (χ0) is 16.2. The van der Waals surface area contributed by atoms with Crippen molar-refractivity contribution in [1.82, 2.24) is 14.7 Å². The molecule has 22 heavy (non-hydrogen) atoms. The van der Waals surface area contributed by atoms with E-state index in [1.807, 2.05) is 24.1 Å². The van der Waals surface area contributed by atoms with Crippen molar-refractivity contribution in [2.75, 3.05) is 19.7 Å². The maximum absolute atomic E-state index is 12.8. The first-order chi connectivity index (χ1) is 10.5. The number of aryl methyl sites for hydroxylation is 2. The molecule has 0 unspecified atom stereocenters. The maximum atomic E-state index is 12.8. The highest BCUT2D eigenvalue weighted by Crippen LogP contribution is 2.34. The first-order valence-corrected chi connectivity index (χ1v) is 8.09. The Bertz CT molecular complexity index is 538. The van der Waals surface area contributed by atoms with Crippen molar-refractivity contribution in [2.45, 2.75) is 39.0 Å². The van der Waals surface area contributed by atoms with Crippen molar-refractivity contribution in [3.63, 3.8) is 0 Å². The van der Waals surface area contributed by atoms with E-state index < -0.39 is 0 Å². The summed E-state index contributed by atoms with van der Waals surface area (Å²) in [6, 6.07) is 1.90. The van der Waals surface area contributed by atoms with Crippen LogP contribution in [0.25, 0.3) is 0 Å². The summed E-state index contributed by atoms with van der Waals surface area (Å²) in [5.41, 5.74) is 1.36. The monoisotopic (exact) mass is 305 g/mol. The molecular formula is C17H27N3O2. The second-order valence-electron chi connectivity index (χ2n) is 6.38. The average molecular weight is 305 g/mol. The van der Waals surface area contributed by atoms with Crippen LogP contribution in [-0.4, -0.2) is 45.4 Å². The predicted octanol–water partition coefficient (Wildman–Crippen LogP) is 2.16. The van der Waals surface area contributed by atoms with Crippen molar-refractivity contribution in [3.8, 4) is 0 Å². The molecule has 1 saturated heterocycles. The number of piperidine rings is 1. The summed E-state index contributed by atoms with van der Waals surface area (Å²) in [5, 5.41) is 14.2. The number of rotatable bonds is 6. The van der Waals surface area contributed by atoms with Gasteiger partial charge in [-0.2, -0.15) is 5.10 Å². The second kappa shape index (κ2) is 7.09. The molecule has 1 fully saturated rings. The third-order valence-electron chi connectivity index (χ3n) is 4.52. The molecular weight excluding hydrogens is 278 g/mol. The number of aromatic nitrogens is 2. The predicted molar refractivity (Wildman–Crippen MR) is 86.7 cm³/mol. The Kier molecular flexibility index (Phi) is 5.40. The molecule has 1 aromatic heterocycles. The lowest BCUT2D eigenvalue weighted by atomic mass is 9.78. The lowest BCUT2D eigenvalue weighted by Gasteiger charge is -2.41. The molecule has 2 rings (SSSR count). The Labute approximate surface area is 132 Å². The number of aliphatic hydroxyl groups is 1. The van der Waals surface area contributed by atoms with Crippen LogP contribution in [0.2, 0.25) is 0 Å². The van der Waals surface area contributed by atoms with E-state index in [-0.39, 0.29) is 17.9 Å². The van der Waals surface area contributed by atoms with Crippen molar-refractivity contribution in [2.24, 2.45) is 12.5 Å². The smallest absolute Gasteiger partial charge is 0.272 e. The Morgan fingerprint density at radius 3 is 3.00 bits per heavy atom. The quantitative estimate of drug-likeness (QED) is 0.819. The number of likely N-dealkylation sites (tertiary alicyclic amines) is 1. The van der Waals surface area contributed by atoms with Crippen LogP contribution in [0.5, 0.6) is 0 Å². The molecule has 0 bridgehead atoms. The average Bonchev–Trinajstić information content (AvgIpc) is 2.88. The van der Waals surface area contributed by atoms with Gasteiger partial charge in [-0.1, -0.05) is 19.4 Å². The van der Waals surface area contributed by atoms with Crippen molar-refractivity contribution in [1.29, 1.82) is 0 Å². The minimum atomic E-state index is -0.236. The van der Waals surface area contributed by atoms with E-state index in [4.69, 9.17) is 0 Å². The molecule has 0 aliphatic carbocycles. The van der Waals surface area contributed by atoms with Gasteiger partial charge < -0.3 is 10.0 Å². The van der Waals surface area contributed by atoms with Crippen molar-refractivity contribution >= 4 is 5.91 Å². The Morgan fingerprint density at radius 1 is 1.59 bits per heavy atom. The van der Waals surface area contributed by atoms with Gasteiger partial charge in [0.25, 0.3) is 5.91 Å². The number of carbonyl (C=O) groups is 1. The zero-order valence-corrected chi connectivity index (χ0v) is 13.7. The van der Waals surface area contributed by atoms with Gasteiger partial charge >= 0.3 is 0 Å². The normalized spacial score (nSPS) is 21.9. The van der Waals surface area contributed by atoms with Crippen molar-refractivity contribution < 1.29 is 9.90 Å². The van der Waals surface area contributed by atoms with Crippen molar-refractivity contribution in [3.05, 3.63) is 30.1 Å². The molecule has 1 aliphatic heterocycles. The third-order valence-corrected chi connectivity index (χ3v) is 4.52. The largest absolute Gasteiger partial charge is 0.396 e. The molecule has 1 N–H and O–H groups in total. The first-order valence-electron chi connectivity index (χ1n) is 8.09. The van der Waals surface area contributed by atoms with Gasteiger partial charge in [0, 0.05) is 25.6 Å². The zero-order valence-electron chi connectivity index (χ0n) is 13.7. The molecule has 1 aliphatic rings. The van der Waals surface area contributed by atoms with E-state index in [0.29, 0.717) is 12.2 Å². The number of nitrogens with zero attached hydrogens (tertiary/aromatic N) is 3. The number of aliphatic hydroxyl groups excluding tert-OH is 1. The van der Waals surface area contributed by atoms with Crippen LogP contribution in [0.1, 0.15) is 48.8 Å². The fourth-order valence-electron chi connectivity index (χ4n) is 3.31. The fourth-order valence-corrected chi connectivity index (χ4v) is 3.31. The standard InChI is InChI=1S/C17H27N3O2/c1-4-7-14-11-15(19(3)18-14)16(22)20-10-6-9-17(12-20,13-21)8-5-2/h5,11,21H,2,4,6-10,12-13H2,1,3H3/t17-/m1/s1. The summed E-state index contributed by atoms with van der Waals surface area (Å²) in [5.74, 6) is 0.0129. The topological polar surface area (TPSA) is 58.4 Å². The van der Waals surface area contributed by atoms with E-state index in [1.165, 1.54) is 0 Å². The SMILES string of the molecule is C=CC[C@@]1(CO)CCCN(C(=O)c2cc(CCC)nn2C)C1. The summed E-state index contributed by atoms with van der Waals surface area (Å²) >= 11 is 0. The Morgan fingerprint density at radius 2 is 2.36 bits per heavy atom. The third kappa shape index (κ3) is 3.40. The van der Waals surface area contributed by atoms with Crippen LogP contribution in [-0.2, 0) is 13.5 Å². The van der Waals surface area contributed by atoms with E-state index in [2.05, 4.69) is 18.6 Å². The van der Waals surface area contributed by atoms with Crippen LogP contribution in [0, 0.1) is 5.41 Å². The summed E-state index contributed by atoms with van der Waals surface area (Å²) in [6.07, 6.45) is 6.33. The number of hydrogen-bond donors (Lipinski definition) is 1. The van der Waals surface area contributed by atoms with E-state index in [1.54, 1.807) is 4.68 Å². The number of carbonyl (C=O) groups excluding carboxylic acids is 1. The van der Waals surface area contributed by atoms with Gasteiger partial charge in [-0.15, -0.1) is 6.58 Å². The minimum absolute atomic E-state index is 0.0129. The van der Waals surface area contributed by atoms with Crippen LogP contribution >= 0.6 is 0 Å². The number of amides is 1. The molecule has 122 valence electrons. The molecule has 0 aromatic carbocycles. The van der Waals surface area contributed by atoms with Crippen LogP contribution in [0.15, 0.2) is 18.7 Å². The molecule has 5 heteroatoms. The lowest BCUT2D eigenvalue weighted by Crippen LogP contribution is -2.48. The van der Waals surface area contributed by atoms with Crippen LogP contribution in [0.3, 0.4) is 0 Å². The number of allylic oxidation sites excluding steroid dienone is 1. The molecule has 5 nitrogen and oxygen atoms in total. The van der Waals surface area contributed by atoms with Crippen LogP contribution in [0.4, 0.5) is 0 Å². The molecule has 1 atom stereocenters. The highest BCUT2D eigenvalue weighted by atomic mass is 16.3. The van der Waals surface area contributed by atoms with Gasteiger partial charge in [0.15, 0.2) is 0 Å². The summed E-state index contributed by atoms with van der Waals surface area (Å²) in [7, 11) is 1.82. The summed E-state index contributed by atoms with van der Waals surface area (Å²) < 4.78 is 1.68. The van der Waals surface area contributed by atoms with E-state index in [0.717, 1.165) is 44.3 Å². The lowest BCUT2D eigenvalue weighted by molar-refractivity contribution is 0.0278. The van der Waals surface area contributed by atoms with Crippen LogP contribution < -0.4 is 0 Å². The second-order valence-corrected chi connectivity index (χ2v) is 6.38. The Balaban J connectivity index is 2.16. The molecule has 0 radical (unpaired) electrons. The molecule has 0 saturated carbocycles. The fraction of sp³-hybridized carbons (Fsp3) is 0.647. The van der Waals surface area contributed by atoms with Gasteiger partial charge in [0.1, 0.15) is 5.69 Å². The Hall–Kier alpha value is -1.62. The highest BCUT2D eigenvalue weighted by Gasteiger charge is 2.36. The van der Waals surface area contributed by atoms with E-state index >= 15 is 0 Å². The highest BCUT2D eigenvalue weighted by molar-refractivity contribution is 5.92. The van der Waals surface area contributed by atoms with Gasteiger partial charge in [-0.05, 0) is 31.7 Å². The van der Waals surface area contributed by atoms with E-state index in [9.17, 15) is 9.90 Å². The van der Waals surface area contributed by atoms with Gasteiger partial charge in [-0.25, -0.2) is 0 Å². The van der Waals surface area contributed by atoms with Gasteiger partial charge in [0.2, 0.25) is 0 Å². The summed E-state index contributed by atoms with van der Waals surface area (Å²) in [4.78, 5) is 14.7. The van der Waals surface area contributed by atoms with Gasteiger partial charge in [0.05, 0.1) is 12.3 Å². The maximum Gasteiger partial charge on any atom is 0.272 e. The number of hydrogen-bond acceptors (Lipinski definition) is 3. The minimum Gasteiger partial charge on any atom is -0.396 e. The molecule has 0 spiro atoms. The van der Waals surface area contributed by atoms with Gasteiger partial charge in [-0.3, -0.25) is 9.48 Å². The molecule has 2 heterocycles. The molecule has 1 aromatic rings. The molecule has 1 amide bonds. The first kappa shape index (κ1) is 16.7.